The lowest BCUT2D eigenvalue weighted by molar-refractivity contribution is -0.138. The minimum absolute atomic E-state index is 0.180. The monoisotopic (exact) mass is 236 g/mol. The number of hydrogen-bond donors (Lipinski definition) is 1. The molecule has 5 heteroatoms. The number of anilines is 1. The first-order valence-electron chi connectivity index (χ1n) is 4.87. The van der Waals surface area contributed by atoms with Crippen LogP contribution in [0.25, 0.3) is 10.2 Å². The smallest absolute Gasteiger partial charge is 0.325 e. The molecule has 16 heavy (non-hydrogen) atoms. The highest BCUT2D eigenvalue weighted by atomic mass is 32.1. The normalized spacial score (nSPS) is 10.4. The number of hydrogen-bond acceptors (Lipinski definition) is 5. The molecule has 0 fully saturated rings. The summed E-state index contributed by atoms with van der Waals surface area (Å²) >= 11 is 1.64. The third-order valence-electron chi connectivity index (χ3n) is 2.16. The van der Waals surface area contributed by atoms with Crippen molar-refractivity contribution in [3.8, 4) is 0 Å². The fraction of sp³-hybridized carbons (Fsp3) is 0.273. The molecule has 2 aromatic rings. The maximum atomic E-state index is 11.0. The first kappa shape index (κ1) is 10.9. The van der Waals surface area contributed by atoms with Crippen LogP contribution in [0.15, 0.2) is 18.2 Å². The number of aryl methyl sites for hydroxylation is 1. The molecule has 0 atom stereocenters. The molecule has 1 heterocycles. The minimum Gasteiger partial charge on any atom is -0.468 e. The van der Waals surface area contributed by atoms with Gasteiger partial charge in [0, 0.05) is 5.69 Å². The van der Waals surface area contributed by atoms with E-state index >= 15 is 0 Å². The van der Waals surface area contributed by atoms with E-state index in [4.69, 9.17) is 0 Å². The zero-order chi connectivity index (χ0) is 11.5. The molecule has 0 spiro atoms. The quantitative estimate of drug-likeness (QED) is 0.830. The highest BCUT2D eigenvalue weighted by molar-refractivity contribution is 7.18. The number of thiazole rings is 1. The summed E-state index contributed by atoms with van der Waals surface area (Å²) < 4.78 is 5.67. The van der Waals surface area contributed by atoms with Crippen LogP contribution >= 0.6 is 11.3 Å². The summed E-state index contributed by atoms with van der Waals surface area (Å²) in [5.41, 5.74) is 1.90. The molecule has 0 amide bonds. The van der Waals surface area contributed by atoms with Gasteiger partial charge in [0.15, 0.2) is 0 Å². The lowest BCUT2D eigenvalue weighted by Gasteiger charge is -2.04. The molecule has 1 N–H and O–H groups in total. The van der Waals surface area contributed by atoms with Crippen LogP contribution in [-0.4, -0.2) is 24.6 Å². The molecule has 0 aliphatic heterocycles. The number of benzene rings is 1. The van der Waals surface area contributed by atoms with Crippen LogP contribution in [0.3, 0.4) is 0 Å². The summed E-state index contributed by atoms with van der Waals surface area (Å²) in [5, 5.41) is 4.04. The van der Waals surface area contributed by atoms with E-state index in [1.165, 1.54) is 7.11 Å². The standard InChI is InChI=1S/C11H12N2O2S/c1-7-13-9-4-3-8(5-10(9)16-7)12-6-11(14)15-2/h3-5,12H,6H2,1-2H3. The number of rotatable bonds is 3. The van der Waals surface area contributed by atoms with Gasteiger partial charge in [0.1, 0.15) is 6.54 Å². The molecule has 0 bridgehead atoms. The molecule has 0 saturated carbocycles. The molecule has 84 valence electrons. The number of fused-ring (bicyclic) bond motifs is 1. The number of esters is 1. The molecule has 1 aromatic carbocycles. The Morgan fingerprint density at radius 2 is 2.38 bits per heavy atom. The van der Waals surface area contributed by atoms with E-state index < -0.39 is 0 Å². The van der Waals surface area contributed by atoms with Gasteiger partial charge in [-0.2, -0.15) is 0 Å². The number of nitrogens with one attached hydrogen (secondary N) is 1. The van der Waals surface area contributed by atoms with Crippen molar-refractivity contribution in [2.45, 2.75) is 6.92 Å². The van der Waals surface area contributed by atoms with Crippen molar-refractivity contribution in [3.63, 3.8) is 0 Å². The number of methoxy groups -OCH3 is 1. The van der Waals surface area contributed by atoms with Crippen LogP contribution < -0.4 is 5.32 Å². The third-order valence-corrected chi connectivity index (χ3v) is 3.09. The van der Waals surface area contributed by atoms with E-state index in [1.54, 1.807) is 11.3 Å². The topological polar surface area (TPSA) is 51.2 Å². The summed E-state index contributed by atoms with van der Waals surface area (Å²) in [6.07, 6.45) is 0. The van der Waals surface area contributed by atoms with Crippen molar-refractivity contribution in [3.05, 3.63) is 23.2 Å². The minimum atomic E-state index is -0.277. The second-order valence-corrected chi connectivity index (χ2v) is 4.58. The molecule has 0 aliphatic rings. The van der Waals surface area contributed by atoms with E-state index in [9.17, 15) is 4.79 Å². The second-order valence-electron chi connectivity index (χ2n) is 3.35. The summed E-state index contributed by atoms with van der Waals surface area (Å²) in [6, 6.07) is 5.84. The lowest BCUT2D eigenvalue weighted by atomic mass is 10.3. The fourth-order valence-corrected chi connectivity index (χ4v) is 2.26. The van der Waals surface area contributed by atoms with Gasteiger partial charge in [-0.1, -0.05) is 0 Å². The lowest BCUT2D eigenvalue weighted by Crippen LogP contribution is -2.14. The van der Waals surface area contributed by atoms with Crippen LogP contribution in [0.1, 0.15) is 5.01 Å². The Kier molecular flexibility index (Phi) is 3.05. The van der Waals surface area contributed by atoms with Gasteiger partial charge in [0.25, 0.3) is 0 Å². The zero-order valence-electron chi connectivity index (χ0n) is 9.11. The first-order chi connectivity index (χ1) is 7.69. The van der Waals surface area contributed by atoms with E-state index in [0.717, 1.165) is 20.9 Å². The van der Waals surface area contributed by atoms with Crippen molar-refractivity contribution in [1.82, 2.24) is 4.98 Å². The van der Waals surface area contributed by atoms with Crippen molar-refractivity contribution < 1.29 is 9.53 Å². The largest absolute Gasteiger partial charge is 0.468 e. The van der Waals surface area contributed by atoms with Gasteiger partial charge in [-0.05, 0) is 25.1 Å². The van der Waals surface area contributed by atoms with Gasteiger partial charge in [-0.3, -0.25) is 4.79 Å². The van der Waals surface area contributed by atoms with Crippen molar-refractivity contribution >= 4 is 33.2 Å². The van der Waals surface area contributed by atoms with E-state index in [-0.39, 0.29) is 12.5 Å². The van der Waals surface area contributed by atoms with Crippen molar-refractivity contribution in [2.75, 3.05) is 19.0 Å². The Hall–Kier alpha value is -1.62. The van der Waals surface area contributed by atoms with Crippen molar-refractivity contribution in [2.24, 2.45) is 0 Å². The number of carbonyl (C=O) groups excluding carboxylic acids is 1. The summed E-state index contributed by atoms with van der Waals surface area (Å²) in [5.74, 6) is -0.277. The van der Waals surface area contributed by atoms with Crippen LogP contribution in [0.2, 0.25) is 0 Å². The van der Waals surface area contributed by atoms with E-state index in [0.29, 0.717) is 0 Å². The van der Waals surface area contributed by atoms with Crippen molar-refractivity contribution in [1.29, 1.82) is 0 Å². The molecule has 1 aromatic heterocycles. The van der Waals surface area contributed by atoms with E-state index in [2.05, 4.69) is 15.0 Å². The Bertz CT molecular complexity index is 522. The van der Waals surface area contributed by atoms with Crippen LogP contribution in [0.4, 0.5) is 5.69 Å². The third kappa shape index (κ3) is 2.30. The van der Waals surface area contributed by atoms with Gasteiger partial charge in [-0.15, -0.1) is 11.3 Å². The molecule has 0 unspecified atom stereocenters. The Morgan fingerprint density at radius 3 is 3.12 bits per heavy atom. The van der Waals surface area contributed by atoms with Gasteiger partial charge >= 0.3 is 5.97 Å². The van der Waals surface area contributed by atoms with Gasteiger partial charge < -0.3 is 10.1 Å². The molecule has 4 nitrogen and oxygen atoms in total. The van der Waals surface area contributed by atoms with Gasteiger partial charge in [-0.25, -0.2) is 4.98 Å². The summed E-state index contributed by atoms with van der Waals surface area (Å²) in [4.78, 5) is 15.3. The highest BCUT2D eigenvalue weighted by Crippen LogP contribution is 2.24. The average molecular weight is 236 g/mol. The van der Waals surface area contributed by atoms with Crippen LogP contribution in [-0.2, 0) is 9.53 Å². The predicted octanol–water partition coefficient (Wildman–Crippen LogP) is 2.19. The Balaban J connectivity index is 2.16. The summed E-state index contributed by atoms with van der Waals surface area (Å²) in [7, 11) is 1.37. The number of aromatic nitrogens is 1. The molecule has 0 radical (unpaired) electrons. The molecule has 0 aliphatic carbocycles. The molecular formula is C11H12N2O2S. The Morgan fingerprint density at radius 1 is 1.56 bits per heavy atom. The maximum absolute atomic E-state index is 11.0. The van der Waals surface area contributed by atoms with Gasteiger partial charge in [0.2, 0.25) is 0 Å². The fourth-order valence-electron chi connectivity index (χ4n) is 1.40. The number of carbonyl (C=O) groups is 1. The van der Waals surface area contributed by atoms with Gasteiger partial charge in [0.05, 0.1) is 22.3 Å². The SMILES string of the molecule is COC(=O)CNc1ccc2nc(C)sc2c1. The van der Waals surface area contributed by atoms with Crippen LogP contribution in [0.5, 0.6) is 0 Å². The zero-order valence-corrected chi connectivity index (χ0v) is 9.93. The molecular weight excluding hydrogens is 224 g/mol. The average Bonchev–Trinajstić information content (AvgIpc) is 2.65. The second kappa shape index (κ2) is 4.49. The van der Waals surface area contributed by atoms with E-state index in [1.807, 2.05) is 25.1 Å². The molecule has 2 rings (SSSR count). The maximum Gasteiger partial charge on any atom is 0.325 e. The summed E-state index contributed by atoms with van der Waals surface area (Å²) in [6.45, 7) is 2.16. The highest BCUT2D eigenvalue weighted by Gasteiger charge is 2.03. The van der Waals surface area contributed by atoms with Crippen LogP contribution in [0, 0.1) is 6.92 Å². The number of ether oxygens (including phenoxy) is 1. The number of nitrogens with zero attached hydrogens (tertiary/aromatic N) is 1. The predicted molar refractivity (Wildman–Crippen MR) is 64.9 cm³/mol. The Labute approximate surface area is 97.3 Å². The molecule has 0 saturated heterocycles. The first-order valence-corrected chi connectivity index (χ1v) is 5.68.